The lowest BCUT2D eigenvalue weighted by molar-refractivity contribution is 0.719. The van der Waals surface area contributed by atoms with Crippen LogP contribution in [0.4, 0.5) is 5.69 Å². The largest absolute Gasteiger partial charge is 0.378 e. The van der Waals surface area contributed by atoms with E-state index >= 15 is 0 Å². The van der Waals surface area contributed by atoms with Gasteiger partial charge in [0.2, 0.25) is 0 Å². The number of hydrogen-bond donors (Lipinski definition) is 1. The molecule has 0 saturated heterocycles. The minimum atomic E-state index is 0.504. The lowest BCUT2D eigenvalue weighted by Gasteiger charge is -2.07. The Morgan fingerprint density at radius 3 is 2.94 bits per heavy atom. The Morgan fingerprint density at radius 1 is 1.38 bits per heavy atom. The molecule has 2 aromatic heterocycles. The number of nitrogens with zero attached hydrogens (tertiary/aromatic N) is 3. The van der Waals surface area contributed by atoms with Crippen molar-refractivity contribution in [2.24, 2.45) is 0 Å². The van der Waals surface area contributed by atoms with E-state index in [0.717, 1.165) is 24.5 Å². The van der Waals surface area contributed by atoms with Gasteiger partial charge >= 0.3 is 0 Å². The minimum Gasteiger partial charge on any atom is -0.378 e. The van der Waals surface area contributed by atoms with E-state index in [1.54, 1.807) is 12.3 Å². The molecule has 0 unspecified atom stereocenters. The van der Waals surface area contributed by atoms with Crippen LogP contribution in [0.2, 0.25) is 5.15 Å². The van der Waals surface area contributed by atoms with E-state index in [1.165, 1.54) is 0 Å². The van der Waals surface area contributed by atoms with Crippen LogP contribution in [0, 0.1) is 0 Å². The predicted octanol–water partition coefficient (Wildman–Crippen LogP) is 2.56. The van der Waals surface area contributed by atoms with Gasteiger partial charge < -0.3 is 9.88 Å². The number of aromatic nitrogens is 3. The Hall–Kier alpha value is -1.55. The number of imidazole rings is 1. The fourth-order valence-corrected chi connectivity index (χ4v) is 1.56. The molecule has 0 spiro atoms. The summed E-state index contributed by atoms with van der Waals surface area (Å²) in [4.78, 5) is 8.11. The smallest absolute Gasteiger partial charge is 0.129 e. The molecule has 0 radical (unpaired) electrons. The fourth-order valence-electron chi connectivity index (χ4n) is 1.45. The number of aryl methyl sites for hydroxylation is 1. The SMILES string of the molecule is CCn1cncc1CNc1ccc(Cl)nc1. The second-order valence-corrected chi connectivity index (χ2v) is 3.78. The Morgan fingerprint density at radius 2 is 2.25 bits per heavy atom. The van der Waals surface area contributed by atoms with Gasteiger partial charge in [0.25, 0.3) is 0 Å². The fraction of sp³-hybridized carbons (Fsp3) is 0.273. The highest BCUT2D eigenvalue weighted by Crippen LogP contribution is 2.11. The number of nitrogens with one attached hydrogen (secondary N) is 1. The molecule has 2 aromatic rings. The number of hydrogen-bond acceptors (Lipinski definition) is 3. The number of pyridine rings is 1. The van der Waals surface area contributed by atoms with Gasteiger partial charge in [0.05, 0.1) is 30.5 Å². The summed E-state index contributed by atoms with van der Waals surface area (Å²) in [5, 5.41) is 3.77. The van der Waals surface area contributed by atoms with Crippen molar-refractivity contribution < 1.29 is 0 Å². The molecule has 0 aliphatic rings. The summed E-state index contributed by atoms with van der Waals surface area (Å²) < 4.78 is 2.09. The second-order valence-electron chi connectivity index (χ2n) is 3.39. The third kappa shape index (κ3) is 2.52. The molecule has 0 bridgehead atoms. The molecule has 4 nitrogen and oxygen atoms in total. The van der Waals surface area contributed by atoms with Crippen LogP contribution in [0.1, 0.15) is 12.6 Å². The average molecular weight is 237 g/mol. The van der Waals surface area contributed by atoms with Crippen LogP contribution in [0.15, 0.2) is 30.9 Å². The van der Waals surface area contributed by atoms with Crippen LogP contribution < -0.4 is 5.32 Å². The molecule has 0 saturated carbocycles. The van der Waals surface area contributed by atoms with Crippen molar-refractivity contribution in [3.05, 3.63) is 41.7 Å². The van der Waals surface area contributed by atoms with Gasteiger partial charge in [-0.05, 0) is 19.1 Å². The number of halogens is 1. The summed E-state index contributed by atoms with van der Waals surface area (Å²) in [5.74, 6) is 0. The van der Waals surface area contributed by atoms with Crippen molar-refractivity contribution >= 4 is 17.3 Å². The topological polar surface area (TPSA) is 42.7 Å². The highest BCUT2D eigenvalue weighted by atomic mass is 35.5. The molecule has 5 heteroatoms. The zero-order valence-electron chi connectivity index (χ0n) is 9.02. The molecular weight excluding hydrogens is 224 g/mol. The van der Waals surface area contributed by atoms with Crippen molar-refractivity contribution in [2.45, 2.75) is 20.0 Å². The minimum absolute atomic E-state index is 0.504. The van der Waals surface area contributed by atoms with Crippen molar-refractivity contribution in [3.63, 3.8) is 0 Å². The Labute approximate surface area is 99.3 Å². The third-order valence-electron chi connectivity index (χ3n) is 2.34. The van der Waals surface area contributed by atoms with Gasteiger partial charge in [0.1, 0.15) is 5.15 Å². The number of rotatable bonds is 4. The van der Waals surface area contributed by atoms with Gasteiger partial charge in [0.15, 0.2) is 0 Å². The first kappa shape index (κ1) is 11.0. The molecule has 16 heavy (non-hydrogen) atoms. The van der Waals surface area contributed by atoms with Crippen LogP contribution in [-0.2, 0) is 13.1 Å². The monoisotopic (exact) mass is 236 g/mol. The average Bonchev–Trinajstić information content (AvgIpc) is 2.76. The Balaban J connectivity index is 1.99. The maximum Gasteiger partial charge on any atom is 0.129 e. The molecular formula is C11H13ClN4. The highest BCUT2D eigenvalue weighted by Gasteiger charge is 2.00. The zero-order valence-corrected chi connectivity index (χ0v) is 9.78. The van der Waals surface area contributed by atoms with Crippen LogP contribution in [0.3, 0.4) is 0 Å². The van der Waals surface area contributed by atoms with E-state index in [4.69, 9.17) is 11.6 Å². The maximum atomic E-state index is 5.71. The molecule has 84 valence electrons. The maximum absolute atomic E-state index is 5.71. The highest BCUT2D eigenvalue weighted by molar-refractivity contribution is 6.29. The van der Waals surface area contributed by atoms with Crippen LogP contribution in [0.5, 0.6) is 0 Å². The van der Waals surface area contributed by atoms with E-state index in [2.05, 4.69) is 26.8 Å². The molecule has 0 aliphatic heterocycles. The lowest BCUT2D eigenvalue weighted by Crippen LogP contribution is -2.05. The van der Waals surface area contributed by atoms with E-state index in [-0.39, 0.29) is 0 Å². The molecule has 2 heterocycles. The molecule has 0 amide bonds. The lowest BCUT2D eigenvalue weighted by atomic mass is 10.4. The summed E-state index contributed by atoms with van der Waals surface area (Å²) in [6, 6.07) is 3.67. The van der Waals surface area contributed by atoms with Gasteiger partial charge in [-0.15, -0.1) is 0 Å². The summed E-state index contributed by atoms with van der Waals surface area (Å²) in [5.41, 5.74) is 2.10. The molecule has 0 atom stereocenters. The Kier molecular flexibility index (Phi) is 3.41. The zero-order chi connectivity index (χ0) is 11.4. The standard InChI is InChI=1S/C11H13ClN4/c1-2-16-8-13-6-10(16)7-14-9-3-4-11(12)15-5-9/h3-6,8,14H,2,7H2,1H3. The summed E-state index contributed by atoms with van der Waals surface area (Å²) in [6.07, 6.45) is 5.41. The van der Waals surface area contributed by atoms with Gasteiger partial charge in [0, 0.05) is 12.7 Å². The number of anilines is 1. The van der Waals surface area contributed by atoms with Crippen molar-refractivity contribution in [1.29, 1.82) is 0 Å². The summed E-state index contributed by atoms with van der Waals surface area (Å²) >= 11 is 5.71. The Bertz CT molecular complexity index is 449. The first-order valence-electron chi connectivity index (χ1n) is 5.14. The third-order valence-corrected chi connectivity index (χ3v) is 2.56. The van der Waals surface area contributed by atoms with E-state index in [1.807, 2.05) is 18.6 Å². The van der Waals surface area contributed by atoms with Gasteiger partial charge in [-0.3, -0.25) is 0 Å². The summed E-state index contributed by atoms with van der Waals surface area (Å²) in [7, 11) is 0. The predicted molar refractivity (Wildman–Crippen MR) is 64.5 cm³/mol. The van der Waals surface area contributed by atoms with Crippen LogP contribution in [-0.4, -0.2) is 14.5 Å². The van der Waals surface area contributed by atoms with Gasteiger partial charge in [-0.1, -0.05) is 11.6 Å². The molecule has 0 aromatic carbocycles. The molecule has 0 aliphatic carbocycles. The molecule has 2 rings (SSSR count). The normalized spacial score (nSPS) is 10.4. The van der Waals surface area contributed by atoms with E-state index in [9.17, 15) is 0 Å². The van der Waals surface area contributed by atoms with E-state index < -0.39 is 0 Å². The quantitative estimate of drug-likeness (QED) is 0.830. The van der Waals surface area contributed by atoms with Crippen LogP contribution in [0.25, 0.3) is 0 Å². The van der Waals surface area contributed by atoms with Gasteiger partial charge in [-0.2, -0.15) is 0 Å². The van der Waals surface area contributed by atoms with Crippen molar-refractivity contribution in [2.75, 3.05) is 5.32 Å². The first-order valence-corrected chi connectivity index (χ1v) is 5.52. The van der Waals surface area contributed by atoms with Gasteiger partial charge in [-0.25, -0.2) is 9.97 Å². The summed E-state index contributed by atoms with van der Waals surface area (Å²) in [6.45, 7) is 3.75. The second kappa shape index (κ2) is 4.99. The molecule has 1 N–H and O–H groups in total. The molecule has 0 fully saturated rings. The van der Waals surface area contributed by atoms with E-state index in [0.29, 0.717) is 5.15 Å². The van der Waals surface area contributed by atoms with Crippen molar-refractivity contribution in [3.8, 4) is 0 Å². The van der Waals surface area contributed by atoms with Crippen LogP contribution >= 0.6 is 11.6 Å². The van der Waals surface area contributed by atoms with Crippen molar-refractivity contribution in [1.82, 2.24) is 14.5 Å². The first-order chi connectivity index (χ1) is 7.79.